The quantitative estimate of drug-likeness (QED) is 0.632. The van der Waals surface area contributed by atoms with Crippen molar-refractivity contribution in [3.05, 3.63) is 35.4 Å². The molecule has 4 nitrogen and oxygen atoms in total. The summed E-state index contributed by atoms with van der Waals surface area (Å²) in [5.41, 5.74) is 2.51. The van der Waals surface area contributed by atoms with Gasteiger partial charge >= 0.3 is 6.09 Å². The van der Waals surface area contributed by atoms with Crippen molar-refractivity contribution < 1.29 is 14.7 Å². The van der Waals surface area contributed by atoms with E-state index in [0.717, 1.165) is 17.9 Å². The maximum atomic E-state index is 11.4. The van der Waals surface area contributed by atoms with Gasteiger partial charge in [0.2, 0.25) is 0 Å². The minimum absolute atomic E-state index is 0.177. The summed E-state index contributed by atoms with van der Waals surface area (Å²) in [7, 11) is 0. The number of carbonyl (C=O) groups is 1. The molecule has 0 bridgehead atoms. The zero-order valence-corrected chi connectivity index (χ0v) is 9.93. The average Bonchev–Trinajstić information content (AvgIpc) is 2.37. The van der Waals surface area contributed by atoms with E-state index in [1.54, 1.807) is 6.92 Å². The molecule has 1 aliphatic carbocycles. The van der Waals surface area contributed by atoms with E-state index in [1.165, 1.54) is 11.1 Å². The number of aryl methyl sites for hydroxylation is 1. The van der Waals surface area contributed by atoms with Gasteiger partial charge in [-0.1, -0.05) is 24.3 Å². The van der Waals surface area contributed by atoms with Gasteiger partial charge in [-0.15, -0.1) is 0 Å². The van der Waals surface area contributed by atoms with Crippen molar-refractivity contribution in [3.8, 4) is 0 Å². The number of carbonyl (C=O) groups excluding carboxylic acids is 1. The first-order chi connectivity index (χ1) is 8.22. The molecule has 1 unspecified atom stereocenters. The second kappa shape index (κ2) is 5.19. The molecule has 1 atom stereocenters. The molecule has 0 saturated heterocycles. The molecule has 0 spiro atoms. The molecular weight excluding hydrogens is 218 g/mol. The Morgan fingerprint density at radius 2 is 2.18 bits per heavy atom. The molecule has 0 aromatic heterocycles. The van der Waals surface area contributed by atoms with Gasteiger partial charge in [-0.25, -0.2) is 4.79 Å². The number of nitrogens with zero attached hydrogens (tertiary/aromatic N) is 1. The third kappa shape index (κ3) is 2.58. The van der Waals surface area contributed by atoms with Crippen LogP contribution in [0.5, 0.6) is 0 Å². The molecule has 17 heavy (non-hydrogen) atoms. The Kier molecular flexibility index (Phi) is 3.64. The molecule has 0 aliphatic heterocycles. The van der Waals surface area contributed by atoms with Gasteiger partial charge in [-0.3, -0.25) is 5.21 Å². The number of rotatable bonds is 2. The van der Waals surface area contributed by atoms with Gasteiger partial charge in [0.1, 0.15) is 0 Å². The predicted molar refractivity (Wildman–Crippen MR) is 62.9 cm³/mol. The van der Waals surface area contributed by atoms with Crippen LogP contribution in [0, 0.1) is 0 Å². The highest BCUT2D eigenvalue weighted by atomic mass is 16.6. The van der Waals surface area contributed by atoms with Crippen LogP contribution in [0.25, 0.3) is 0 Å². The lowest BCUT2D eigenvalue weighted by Gasteiger charge is -2.29. The van der Waals surface area contributed by atoms with E-state index in [9.17, 15) is 10.0 Å². The highest BCUT2D eigenvalue weighted by molar-refractivity contribution is 5.66. The summed E-state index contributed by atoms with van der Waals surface area (Å²) in [6.07, 6.45) is 1.69. The van der Waals surface area contributed by atoms with E-state index in [4.69, 9.17) is 4.74 Å². The molecular formula is C13H17NO3. The fourth-order valence-electron chi connectivity index (χ4n) is 2.23. The van der Waals surface area contributed by atoms with Crippen LogP contribution in [-0.4, -0.2) is 29.0 Å². The topological polar surface area (TPSA) is 49.8 Å². The summed E-state index contributed by atoms with van der Waals surface area (Å²) in [5.74, 6) is 0. The van der Waals surface area contributed by atoms with Crippen LogP contribution >= 0.6 is 0 Å². The monoisotopic (exact) mass is 235 g/mol. The van der Waals surface area contributed by atoms with Crippen LogP contribution in [0.4, 0.5) is 4.79 Å². The first-order valence-corrected chi connectivity index (χ1v) is 5.94. The van der Waals surface area contributed by atoms with Crippen molar-refractivity contribution in [1.29, 1.82) is 0 Å². The Morgan fingerprint density at radius 1 is 1.47 bits per heavy atom. The largest absolute Gasteiger partial charge is 0.448 e. The standard InChI is InChI=1S/C13H17NO3/c1-2-17-13(15)14(16)12-8-7-10-5-3-4-6-11(10)9-12/h3-6,12,16H,2,7-9H2,1H3. The number of fused-ring (bicyclic) bond motifs is 1. The third-order valence-corrected chi connectivity index (χ3v) is 3.12. The van der Waals surface area contributed by atoms with Gasteiger partial charge in [0, 0.05) is 0 Å². The van der Waals surface area contributed by atoms with Crippen molar-refractivity contribution in [3.63, 3.8) is 0 Å². The molecule has 2 rings (SSSR count). The van der Waals surface area contributed by atoms with E-state index in [1.807, 2.05) is 18.2 Å². The van der Waals surface area contributed by atoms with E-state index < -0.39 is 6.09 Å². The summed E-state index contributed by atoms with van der Waals surface area (Å²) >= 11 is 0. The lowest BCUT2D eigenvalue weighted by molar-refractivity contribution is -0.106. The number of hydrogen-bond acceptors (Lipinski definition) is 3. The van der Waals surface area contributed by atoms with Crippen molar-refractivity contribution in [1.82, 2.24) is 5.06 Å². The Balaban J connectivity index is 2.04. The maximum absolute atomic E-state index is 11.4. The Morgan fingerprint density at radius 3 is 2.88 bits per heavy atom. The zero-order valence-electron chi connectivity index (χ0n) is 9.93. The zero-order chi connectivity index (χ0) is 12.3. The van der Waals surface area contributed by atoms with Crippen LogP contribution in [-0.2, 0) is 17.6 Å². The number of benzene rings is 1. The molecule has 0 heterocycles. The molecule has 1 aromatic carbocycles. The predicted octanol–water partition coefficient (Wildman–Crippen LogP) is 2.39. The molecule has 1 aromatic rings. The third-order valence-electron chi connectivity index (χ3n) is 3.12. The SMILES string of the molecule is CCOC(=O)N(O)C1CCc2ccccc2C1. The normalized spacial score (nSPS) is 18.4. The van der Waals surface area contributed by atoms with E-state index in [0.29, 0.717) is 6.42 Å². The van der Waals surface area contributed by atoms with E-state index in [2.05, 4.69) is 6.07 Å². The Bertz CT molecular complexity index is 405. The molecule has 0 saturated carbocycles. The maximum Gasteiger partial charge on any atom is 0.433 e. The van der Waals surface area contributed by atoms with Gasteiger partial charge in [0.15, 0.2) is 0 Å². The fraction of sp³-hybridized carbons (Fsp3) is 0.462. The highest BCUT2D eigenvalue weighted by Gasteiger charge is 2.27. The summed E-state index contributed by atoms with van der Waals surface area (Å²) in [4.78, 5) is 11.4. The summed E-state index contributed by atoms with van der Waals surface area (Å²) < 4.78 is 4.78. The van der Waals surface area contributed by atoms with Crippen molar-refractivity contribution in [2.24, 2.45) is 0 Å². The van der Waals surface area contributed by atoms with Crippen LogP contribution in [0.2, 0.25) is 0 Å². The van der Waals surface area contributed by atoms with E-state index >= 15 is 0 Å². The molecule has 1 aliphatic rings. The number of hydrogen-bond donors (Lipinski definition) is 1. The summed E-state index contributed by atoms with van der Waals surface area (Å²) in [6.45, 7) is 2.00. The molecule has 92 valence electrons. The van der Waals surface area contributed by atoms with E-state index in [-0.39, 0.29) is 12.6 Å². The number of hydroxylamine groups is 2. The lowest BCUT2D eigenvalue weighted by atomic mass is 9.88. The first-order valence-electron chi connectivity index (χ1n) is 5.94. The average molecular weight is 235 g/mol. The smallest absolute Gasteiger partial charge is 0.433 e. The van der Waals surface area contributed by atoms with Gasteiger partial charge in [0.05, 0.1) is 12.6 Å². The minimum Gasteiger partial charge on any atom is -0.448 e. The second-order valence-corrected chi connectivity index (χ2v) is 4.21. The molecule has 1 N–H and O–H groups in total. The van der Waals surface area contributed by atoms with Gasteiger partial charge < -0.3 is 4.74 Å². The van der Waals surface area contributed by atoms with Crippen molar-refractivity contribution in [2.75, 3.05) is 6.61 Å². The lowest BCUT2D eigenvalue weighted by Crippen LogP contribution is -2.41. The van der Waals surface area contributed by atoms with Gasteiger partial charge in [-0.05, 0) is 37.3 Å². The minimum atomic E-state index is -0.656. The molecule has 1 amide bonds. The molecule has 0 radical (unpaired) electrons. The number of amides is 1. The fourth-order valence-corrected chi connectivity index (χ4v) is 2.23. The van der Waals surface area contributed by atoms with Crippen LogP contribution in [0.3, 0.4) is 0 Å². The first kappa shape index (κ1) is 11.9. The van der Waals surface area contributed by atoms with Crippen LogP contribution in [0.15, 0.2) is 24.3 Å². The van der Waals surface area contributed by atoms with Crippen LogP contribution < -0.4 is 0 Å². The highest BCUT2D eigenvalue weighted by Crippen LogP contribution is 2.23. The summed E-state index contributed by atoms with van der Waals surface area (Å²) in [6, 6.07) is 7.95. The number of ether oxygens (including phenoxy) is 1. The molecule has 0 fully saturated rings. The Hall–Kier alpha value is -1.55. The summed E-state index contributed by atoms with van der Waals surface area (Å²) in [5, 5.41) is 10.5. The van der Waals surface area contributed by atoms with Crippen LogP contribution in [0.1, 0.15) is 24.5 Å². The van der Waals surface area contributed by atoms with Gasteiger partial charge in [-0.2, -0.15) is 5.06 Å². The second-order valence-electron chi connectivity index (χ2n) is 4.21. The van der Waals surface area contributed by atoms with Gasteiger partial charge in [0.25, 0.3) is 0 Å². The molecule has 4 heteroatoms. The van der Waals surface area contributed by atoms with Crippen molar-refractivity contribution in [2.45, 2.75) is 32.2 Å². The Labute approximate surface area is 101 Å². The van der Waals surface area contributed by atoms with Crippen molar-refractivity contribution >= 4 is 6.09 Å².